The molecule has 1 aliphatic heterocycles. The molecule has 1 amide bonds. The van der Waals surface area contributed by atoms with Crippen LogP contribution in [0.1, 0.15) is 17.5 Å². The van der Waals surface area contributed by atoms with E-state index in [1.54, 1.807) is 18.6 Å². The van der Waals surface area contributed by atoms with Crippen molar-refractivity contribution in [2.45, 2.75) is 19.3 Å². The van der Waals surface area contributed by atoms with Gasteiger partial charge in [-0.25, -0.2) is 9.97 Å². The molecule has 3 heterocycles. The maximum atomic E-state index is 12.4. The monoisotopic (exact) mass is 422 g/mol. The van der Waals surface area contributed by atoms with Crippen LogP contribution in [0.3, 0.4) is 0 Å². The molecule has 0 spiro atoms. The lowest BCUT2D eigenvalue weighted by Gasteiger charge is -2.14. The zero-order valence-electron chi connectivity index (χ0n) is 16.9. The Hall–Kier alpha value is -3.03. The summed E-state index contributed by atoms with van der Waals surface area (Å²) < 4.78 is 0. The number of carbonyl (C=O) groups is 1. The van der Waals surface area contributed by atoms with Crippen molar-refractivity contribution >= 4 is 34.8 Å². The first-order valence-electron chi connectivity index (χ1n) is 9.80. The summed E-state index contributed by atoms with van der Waals surface area (Å²) in [6.45, 7) is 0.974. The minimum absolute atomic E-state index is 0.108. The van der Waals surface area contributed by atoms with Crippen molar-refractivity contribution in [2.75, 3.05) is 31.3 Å². The van der Waals surface area contributed by atoms with Crippen LogP contribution in [-0.2, 0) is 17.6 Å². The second-order valence-corrected chi connectivity index (χ2v) is 7.96. The minimum Gasteiger partial charge on any atom is -0.325 e. The van der Waals surface area contributed by atoms with E-state index >= 15 is 0 Å². The fraction of sp³-hybridized carbons (Fsp3) is 0.273. The summed E-state index contributed by atoms with van der Waals surface area (Å²) in [4.78, 5) is 27.8. The first-order chi connectivity index (χ1) is 14.5. The number of carbonyl (C=O) groups excluding carboxylic acids is 1. The SMILES string of the molecule is CN(C)CCCc1cc2c(cc1Cl)NC(=O)Cc1cnc(Nc3cccnc3)nc1-2. The zero-order chi connectivity index (χ0) is 21.1. The molecule has 4 rings (SSSR count). The molecule has 3 aromatic rings. The van der Waals surface area contributed by atoms with E-state index in [0.29, 0.717) is 16.7 Å². The van der Waals surface area contributed by atoms with E-state index < -0.39 is 0 Å². The van der Waals surface area contributed by atoms with E-state index in [1.165, 1.54) is 0 Å². The molecule has 30 heavy (non-hydrogen) atoms. The van der Waals surface area contributed by atoms with Gasteiger partial charge in [0.15, 0.2) is 0 Å². The summed E-state index contributed by atoms with van der Waals surface area (Å²) in [5.74, 6) is 0.342. The van der Waals surface area contributed by atoms with Gasteiger partial charge in [0.1, 0.15) is 0 Å². The molecule has 0 fully saturated rings. The van der Waals surface area contributed by atoms with Crippen molar-refractivity contribution in [3.05, 3.63) is 59.0 Å². The fourth-order valence-electron chi connectivity index (χ4n) is 3.46. The standard InChI is InChI=1S/C22H23ClN6O/c1-29(2)8-4-5-14-9-17-19(11-18(14)23)27-20(30)10-15-12-25-22(28-21(15)17)26-16-6-3-7-24-13-16/h3,6-7,9,11-13H,4-5,8,10H2,1-2H3,(H,27,30)(H,25,26,28). The van der Waals surface area contributed by atoms with E-state index in [1.807, 2.05) is 24.3 Å². The van der Waals surface area contributed by atoms with Crippen LogP contribution in [0.2, 0.25) is 5.02 Å². The lowest BCUT2D eigenvalue weighted by atomic mass is 10.00. The number of amides is 1. The average Bonchev–Trinajstić information content (AvgIpc) is 2.84. The Kier molecular flexibility index (Phi) is 5.92. The molecule has 0 unspecified atom stereocenters. The van der Waals surface area contributed by atoms with Gasteiger partial charge in [-0.15, -0.1) is 0 Å². The smallest absolute Gasteiger partial charge is 0.228 e. The highest BCUT2D eigenvalue weighted by atomic mass is 35.5. The van der Waals surface area contributed by atoms with Crippen molar-refractivity contribution in [3.63, 3.8) is 0 Å². The van der Waals surface area contributed by atoms with Crippen LogP contribution in [0, 0.1) is 0 Å². The van der Waals surface area contributed by atoms with E-state index in [-0.39, 0.29) is 12.3 Å². The van der Waals surface area contributed by atoms with Crippen molar-refractivity contribution in [3.8, 4) is 11.3 Å². The Bertz CT molecular complexity index is 1070. The molecule has 1 aliphatic rings. The maximum Gasteiger partial charge on any atom is 0.228 e. The molecule has 0 atom stereocenters. The van der Waals surface area contributed by atoms with Gasteiger partial charge < -0.3 is 15.5 Å². The zero-order valence-corrected chi connectivity index (χ0v) is 17.7. The highest BCUT2D eigenvalue weighted by Crippen LogP contribution is 2.37. The van der Waals surface area contributed by atoms with Crippen LogP contribution in [0.4, 0.5) is 17.3 Å². The molecule has 0 aliphatic carbocycles. The van der Waals surface area contributed by atoms with Gasteiger partial charge in [0.2, 0.25) is 11.9 Å². The number of halogens is 1. The van der Waals surface area contributed by atoms with Crippen molar-refractivity contribution in [2.24, 2.45) is 0 Å². The number of hydrogen-bond donors (Lipinski definition) is 2. The van der Waals surface area contributed by atoms with E-state index in [9.17, 15) is 4.79 Å². The van der Waals surface area contributed by atoms with Crippen molar-refractivity contribution in [1.82, 2.24) is 19.9 Å². The molecule has 0 bridgehead atoms. The van der Waals surface area contributed by atoms with Crippen LogP contribution >= 0.6 is 11.6 Å². The molecule has 2 aromatic heterocycles. The van der Waals surface area contributed by atoms with Gasteiger partial charge in [0, 0.05) is 28.5 Å². The number of pyridine rings is 1. The number of fused-ring (bicyclic) bond motifs is 3. The topological polar surface area (TPSA) is 83.0 Å². The molecule has 0 radical (unpaired) electrons. The number of anilines is 3. The molecule has 0 saturated heterocycles. The lowest BCUT2D eigenvalue weighted by Crippen LogP contribution is -2.14. The molecule has 8 heteroatoms. The van der Waals surface area contributed by atoms with Gasteiger partial charge in [-0.3, -0.25) is 9.78 Å². The third-order valence-corrected chi connectivity index (χ3v) is 5.25. The molecule has 0 saturated carbocycles. The van der Waals surface area contributed by atoms with Gasteiger partial charge in [-0.1, -0.05) is 11.6 Å². The molecule has 2 N–H and O–H groups in total. The Balaban J connectivity index is 1.72. The summed E-state index contributed by atoms with van der Waals surface area (Å²) in [6, 6.07) is 7.60. The molecular weight excluding hydrogens is 400 g/mol. The Morgan fingerprint density at radius 2 is 2.13 bits per heavy atom. The fourth-order valence-corrected chi connectivity index (χ4v) is 3.72. The van der Waals surface area contributed by atoms with Gasteiger partial charge in [-0.05, 0) is 63.3 Å². The highest BCUT2D eigenvalue weighted by Gasteiger charge is 2.22. The summed E-state index contributed by atoms with van der Waals surface area (Å²) in [7, 11) is 4.11. The third kappa shape index (κ3) is 4.58. The number of aryl methyl sites for hydroxylation is 1. The number of rotatable bonds is 6. The molecule has 1 aromatic carbocycles. The normalized spacial score (nSPS) is 12.7. The van der Waals surface area contributed by atoms with E-state index in [2.05, 4.69) is 39.6 Å². The summed E-state index contributed by atoms with van der Waals surface area (Å²) in [5, 5.41) is 6.77. The second-order valence-electron chi connectivity index (χ2n) is 7.56. The molecule has 7 nitrogen and oxygen atoms in total. The molecular formula is C22H23ClN6O. The second kappa shape index (κ2) is 8.77. The van der Waals surface area contributed by atoms with E-state index in [4.69, 9.17) is 16.6 Å². The predicted octanol–water partition coefficient (Wildman–Crippen LogP) is 3.92. The molecule has 154 valence electrons. The number of nitrogens with zero attached hydrogens (tertiary/aromatic N) is 4. The number of hydrogen-bond acceptors (Lipinski definition) is 6. The van der Waals surface area contributed by atoms with Crippen LogP contribution in [0.15, 0.2) is 42.9 Å². The van der Waals surface area contributed by atoms with Crippen LogP contribution in [0.5, 0.6) is 0 Å². The van der Waals surface area contributed by atoms with Crippen molar-refractivity contribution in [1.29, 1.82) is 0 Å². The number of benzene rings is 1. The van der Waals surface area contributed by atoms with Crippen LogP contribution < -0.4 is 10.6 Å². The number of aromatic nitrogens is 3. The Labute approximate surface area is 180 Å². The average molecular weight is 423 g/mol. The van der Waals surface area contributed by atoms with E-state index in [0.717, 1.165) is 47.5 Å². The van der Waals surface area contributed by atoms with Crippen LogP contribution in [0.25, 0.3) is 11.3 Å². The van der Waals surface area contributed by atoms with Crippen molar-refractivity contribution < 1.29 is 4.79 Å². The first kappa shape index (κ1) is 20.3. The van der Waals surface area contributed by atoms with Crippen LogP contribution in [-0.4, -0.2) is 46.4 Å². The Morgan fingerprint density at radius 3 is 2.90 bits per heavy atom. The van der Waals surface area contributed by atoms with Gasteiger partial charge in [0.25, 0.3) is 0 Å². The highest BCUT2D eigenvalue weighted by molar-refractivity contribution is 6.32. The first-order valence-corrected chi connectivity index (χ1v) is 10.2. The third-order valence-electron chi connectivity index (χ3n) is 4.90. The van der Waals surface area contributed by atoms with Gasteiger partial charge >= 0.3 is 0 Å². The summed E-state index contributed by atoms with van der Waals surface area (Å²) >= 11 is 6.53. The minimum atomic E-state index is -0.108. The van der Waals surface area contributed by atoms with Gasteiger partial charge in [-0.2, -0.15) is 0 Å². The largest absolute Gasteiger partial charge is 0.325 e. The quantitative estimate of drug-likeness (QED) is 0.626. The summed E-state index contributed by atoms with van der Waals surface area (Å²) in [5.41, 5.74) is 4.88. The summed E-state index contributed by atoms with van der Waals surface area (Å²) in [6.07, 6.45) is 7.16. The predicted molar refractivity (Wildman–Crippen MR) is 119 cm³/mol. The number of nitrogens with one attached hydrogen (secondary N) is 2. The lowest BCUT2D eigenvalue weighted by molar-refractivity contribution is -0.115. The van der Waals surface area contributed by atoms with Gasteiger partial charge in [0.05, 0.1) is 29.7 Å². The Morgan fingerprint density at radius 1 is 1.27 bits per heavy atom. The maximum absolute atomic E-state index is 12.4.